The standard InChI is InChI=1S/C12H20O4/c1-9(14)3-4-10-7-12(15-2)16-8-11(10)5-6-13/h5,10,12-13H,3-4,6-8H2,1-2H3/b11-5-/t10-,12+/m0/s1. The Labute approximate surface area is 96.2 Å². The van der Waals surface area contributed by atoms with Crippen molar-refractivity contribution in [3.05, 3.63) is 11.6 Å². The number of rotatable bonds is 5. The summed E-state index contributed by atoms with van der Waals surface area (Å²) in [5.41, 5.74) is 1.08. The van der Waals surface area contributed by atoms with Crippen LogP contribution < -0.4 is 0 Å². The molecule has 1 saturated heterocycles. The fourth-order valence-corrected chi connectivity index (χ4v) is 1.95. The smallest absolute Gasteiger partial charge is 0.158 e. The Morgan fingerprint density at radius 2 is 2.44 bits per heavy atom. The first-order chi connectivity index (χ1) is 7.67. The topological polar surface area (TPSA) is 55.8 Å². The van der Waals surface area contributed by atoms with Crippen LogP contribution in [0, 0.1) is 5.92 Å². The lowest BCUT2D eigenvalue weighted by atomic mass is 9.88. The zero-order chi connectivity index (χ0) is 12.0. The average Bonchev–Trinajstić information content (AvgIpc) is 2.28. The minimum atomic E-state index is -0.187. The zero-order valence-electron chi connectivity index (χ0n) is 9.94. The first kappa shape index (κ1) is 13.4. The zero-order valence-corrected chi connectivity index (χ0v) is 9.94. The molecule has 0 aromatic heterocycles. The highest BCUT2D eigenvalue weighted by Crippen LogP contribution is 2.29. The maximum Gasteiger partial charge on any atom is 0.158 e. The summed E-state index contributed by atoms with van der Waals surface area (Å²) in [5.74, 6) is 0.485. The summed E-state index contributed by atoms with van der Waals surface area (Å²) in [4.78, 5) is 11.0. The monoisotopic (exact) mass is 228 g/mol. The third-order valence-electron chi connectivity index (χ3n) is 2.90. The largest absolute Gasteiger partial charge is 0.392 e. The van der Waals surface area contributed by atoms with Gasteiger partial charge in [0.2, 0.25) is 0 Å². The van der Waals surface area contributed by atoms with Crippen LogP contribution in [0.25, 0.3) is 0 Å². The Bertz CT molecular complexity index is 260. The van der Waals surface area contributed by atoms with Crippen molar-refractivity contribution in [2.75, 3.05) is 20.3 Å². The molecule has 0 saturated carbocycles. The highest BCUT2D eigenvalue weighted by atomic mass is 16.7. The van der Waals surface area contributed by atoms with Gasteiger partial charge in [-0.3, -0.25) is 0 Å². The number of Topliss-reactive ketones (excluding diaryl/α,β-unsaturated/α-hetero) is 1. The summed E-state index contributed by atoms with van der Waals surface area (Å²) in [6, 6.07) is 0. The van der Waals surface area contributed by atoms with Crippen molar-refractivity contribution in [3.8, 4) is 0 Å². The maximum absolute atomic E-state index is 11.0. The molecule has 1 aliphatic rings. The molecular weight excluding hydrogens is 208 g/mol. The van der Waals surface area contributed by atoms with Gasteiger partial charge >= 0.3 is 0 Å². The molecule has 0 aromatic carbocycles. The Balaban J connectivity index is 2.56. The summed E-state index contributed by atoms with van der Waals surface area (Å²) in [7, 11) is 1.62. The van der Waals surface area contributed by atoms with Crippen LogP contribution in [0.1, 0.15) is 26.2 Å². The van der Waals surface area contributed by atoms with E-state index in [1.807, 2.05) is 0 Å². The van der Waals surface area contributed by atoms with E-state index in [9.17, 15) is 4.79 Å². The van der Waals surface area contributed by atoms with Crippen LogP contribution in [0.3, 0.4) is 0 Å². The van der Waals surface area contributed by atoms with Crippen molar-refractivity contribution < 1.29 is 19.4 Å². The first-order valence-corrected chi connectivity index (χ1v) is 5.61. The number of carbonyl (C=O) groups excluding carboxylic acids is 1. The minimum Gasteiger partial charge on any atom is -0.392 e. The van der Waals surface area contributed by atoms with E-state index in [2.05, 4.69) is 0 Å². The fraction of sp³-hybridized carbons (Fsp3) is 0.750. The van der Waals surface area contributed by atoms with Gasteiger partial charge in [0.05, 0.1) is 13.2 Å². The normalized spacial score (nSPS) is 28.3. The molecule has 0 unspecified atom stereocenters. The number of hydrogen-bond acceptors (Lipinski definition) is 4. The van der Waals surface area contributed by atoms with Gasteiger partial charge < -0.3 is 19.4 Å². The van der Waals surface area contributed by atoms with E-state index in [0.29, 0.717) is 13.0 Å². The third-order valence-corrected chi connectivity index (χ3v) is 2.90. The van der Waals surface area contributed by atoms with Crippen molar-refractivity contribution in [1.82, 2.24) is 0 Å². The van der Waals surface area contributed by atoms with Crippen LogP contribution in [-0.4, -0.2) is 37.5 Å². The number of aliphatic hydroxyl groups is 1. The number of hydrogen-bond donors (Lipinski definition) is 1. The molecular formula is C12H20O4. The molecule has 1 rings (SSSR count). The van der Waals surface area contributed by atoms with Gasteiger partial charge in [-0.2, -0.15) is 0 Å². The van der Waals surface area contributed by atoms with E-state index in [1.165, 1.54) is 0 Å². The van der Waals surface area contributed by atoms with E-state index < -0.39 is 0 Å². The second-order valence-corrected chi connectivity index (χ2v) is 4.11. The molecule has 1 aliphatic heterocycles. The number of carbonyl (C=O) groups is 1. The second kappa shape index (κ2) is 6.78. The predicted octanol–water partition coefficient (Wildman–Crippen LogP) is 1.28. The van der Waals surface area contributed by atoms with Gasteiger partial charge in [0.25, 0.3) is 0 Å². The number of ketones is 1. The number of methoxy groups -OCH3 is 1. The van der Waals surface area contributed by atoms with E-state index in [0.717, 1.165) is 18.4 Å². The molecule has 0 aromatic rings. The number of aliphatic hydroxyl groups excluding tert-OH is 1. The molecule has 0 aliphatic carbocycles. The highest BCUT2D eigenvalue weighted by Gasteiger charge is 2.26. The third kappa shape index (κ3) is 4.04. The van der Waals surface area contributed by atoms with Crippen molar-refractivity contribution in [3.63, 3.8) is 0 Å². The first-order valence-electron chi connectivity index (χ1n) is 5.61. The maximum atomic E-state index is 11.0. The van der Waals surface area contributed by atoms with Crippen LogP contribution >= 0.6 is 0 Å². The van der Waals surface area contributed by atoms with Gasteiger partial charge in [-0.05, 0) is 24.8 Å². The van der Waals surface area contributed by atoms with Crippen LogP contribution in [0.2, 0.25) is 0 Å². The molecule has 4 heteroatoms. The SMILES string of the molecule is CO[C@H]1C[C@H](CCC(C)=O)/C(=C\CO)CO1. The van der Waals surface area contributed by atoms with Gasteiger partial charge in [0.15, 0.2) is 6.29 Å². The Morgan fingerprint density at radius 3 is 3.00 bits per heavy atom. The second-order valence-electron chi connectivity index (χ2n) is 4.11. The number of ether oxygens (including phenoxy) is 2. The summed E-state index contributed by atoms with van der Waals surface area (Å²) in [6.07, 6.45) is 3.73. The molecule has 0 bridgehead atoms. The highest BCUT2D eigenvalue weighted by molar-refractivity contribution is 5.75. The Kier molecular flexibility index (Phi) is 5.66. The van der Waals surface area contributed by atoms with Crippen LogP contribution in [0.15, 0.2) is 11.6 Å². The molecule has 4 nitrogen and oxygen atoms in total. The molecule has 0 radical (unpaired) electrons. The van der Waals surface area contributed by atoms with Crippen molar-refractivity contribution >= 4 is 5.78 Å². The molecule has 92 valence electrons. The Morgan fingerprint density at radius 1 is 1.69 bits per heavy atom. The van der Waals surface area contributed by atoms with Gasteiger partial charge in [0.1, 0.15) is 5.78 Å². The van der Waals surface area contributed by atoms with Crippen molar-refractivity contribution in [1.29, 1.82) is 0 Å². The average molecular weight is 228 g/mol. The molecule has 1 N–H and O–H groups in total. The Hall–Kier alpha value is -0.710. The van der Waals surface area contributed by atoms with Gasteiger partial charge in [-0.15, -0.1) is 0 Å². The van der Waals surface area contributed by atoms with E-state index >= 15 is 0 Å². The van der Waals surface area contributed by atoms with Crippen molar-refractivity contribution in [2.45, 2.75) is 32.5 Å². The van der Waals surface area contributed by atoms with Gasteiger partial charge in [0, 0.05) is 20.0 Å². The molecule has 2 atom stereocenters. The van der Waals surface area contributed by atoms with E-state index in [4.69, 9.17) is 14.6 Å². The lowest BCUT2D eigenvalue weighted by Gasteiger charge is -2.31. The molecule has 1 fully saturated rings. The van der Waals surface area contributed by atoms with Crippen LogP contribution in [-0.2, 0) is 14.3 Å². The minimum absolute atomic E-state index is 0.0207. The quantitative estimate of drug-likeness (QED) is 0.720. The molecule has 16 heavy (non-hydrogen) atoms. The molecule has 0 spiro atoms. The fourth-order valence-electron chi connectivity index (χ4n) is 1.95. The van der Waals surface area contributed by atoms with Crippen molar-refractivity contribution in [2.24, 2.45) is 5.92 Å². The lowest BCUT2D eigenvalue weighted by molar-refractivity contribution is -0.143. The predicted molar refractivity (Wildman–Crippen MR) is 59.9 cm³/mol. The van der Waals surface area contributed by atoms with Gasteiger partial charge in [-0.25, -0.2) is 0 Å². The van der Waals surface area contributed by atoms with Gasteiger partial charge in [-0.1, -0.05) is 6.08 Å². The summed E-state index contributed by atoms with van der Waals surface area (Å²) in [6.45, 7) is 2.11. The molecule has 1 heterocycles. The van der Waals surface area contributed by atoms with Crippen LogP contribution in [0.5, 0.6) is 0 Å². The van der Waals surface area contributed by atoms with E-state index in [-0.39, 0.29) is 24.6 Å². The summed E-state index contributed by atoms with van der Waals surface area (Å²) >= 11 is 0. The van der Waals surface area contributed by atoms with Crippen LogP contribution in [0.4, 0.5) is 0 Å². The summed E-state index contributed by atoms with van der Waals surface area (Å²) in [5, 5.41) is 8.91. The lowest BCUT2D eigenvalue weighted by Crippen LogP contribution is -2.29. The molecule has 0 amide bonds. The summed E-state index contributed by atoms with van der Waals surface area (Å²) < 4.78 is 10.6. The van der Waals surface area contributed by atoms with E-state index in [1.54, 1.807) is 20.1 Å².